The van der Waals surface area contributed by atoms with Crippen LogP contribution in [0.5, 0.6) is 0 Å². The number of guanidine groups is 1. The first-order chi connectivity index (χ1) is 36.4. The van der Waals surface area contributed by atoms with Crippen molar-refractivity contribution in [1.29, 1.82) is 0 Å². The molecule has 1 aliphatic rings. The number of carboxylic acid groups (broad SMARTS) is 2. The van der Waals surface area contributed by atoms with Crippen molar-refractivity contribution < 1.29 is 79.1 Å². The Labute approximate surface area is 450 Å². The van der Waals surface area contributed by atoms with Gasteiger partial charge in [0.1, 0.15) is 24.2 Å². The summed E-state index contributed by atoms with van der Waals surface area (Å²) in [5.41, 5.74) is 10.9. The van der Waals surface area contributed by atoms with Crippen molar-refractivity contribution in [1.82, 2.24) is 41.6 Å². The van der Waals surface area contributed by atoms with Gasteiger partial charge in [0.15, 0.2) is 12.1 Å². The smallest absolute Gasteiger partial charge is 0.335 e. The van der Waals surface area contributed by atoms with Gasteiger partial charge in [-0.15, -0.1) is 0 Å². The van der Waals surface area contributed by atoms with E-state index in [1.165, 1.54) is 50.3 Å². The number of aliphatic carboxylic acids is 2. The minimum absolute atomic E-state index is 0.00514. The number of nitrogens with one attached hydrogen (secondary N) is 5. The molecule has 0 aromatic rings. The van der Waals surface area contributed by atoms with Crippen molar-refractivity contribution in [2.75, 3.05) is 32.8 Å². The fourth-order valence-corrected chi connectivity index (χ4v) is 8.66. The number of amides is 7. The number of carbonyl (C=O) groups excluding carboxylic acids is 7. The van der Waals surface area contributed by atoms with E-state index in [1.807, 2.05) is 0 Å². The third-order valence-corrected chi connectivity index (χ3v) is 13.3. The average Bonchev–Trinajstić information content (AvgIpc) is 3.88. The Morgan fingerprint density at radius 1 is 0.675 bits per heavy atom. The van der Waals surface area contributed by atoms with Gasteiger partial charge >= 0.3 is 11.9 Å². The first kappa shape index (κ1) is 68.9. The Hall–Kier alpha value is -6.16. The van der Waals surface area contributed by atoms with Crippen LogP contribution in [0.15, 0.2) is 17.3 Å². The van der Waals surface area contributed by atoms with Crippen LogP contribution in [-0.2, 0) is 43.2 Å². The summed E-state index contributed by atoms with van der Waals surface area (Å²) in [6.45, 7) is 8.26. The number of likely N-dealkylation sites (tertiary alicyclic amines) is 1. The highest BCUT2D eigenvalue weighted by Crippen LogP contribution is 2.24. The molecule has 0 aromatic carbocycles. The van der Waals surface area contributed by atoms with E-state index in [0.29, 0.717) is 23.0 Å². The van der Waals surface area contributed by atoms with Gasteiger partial charge in [-0.05, 0) is 57.8 Å². The molecular formula is C50H89N11O16. The molecule has 0 saturated carbocycles. The number of nitrogens with two attached hydrogens (primary N) is 2. The summed E-state index contributed by atoms with van der Waals surface area (Å²) in [6, 6.07) is -8.83. The normalized spacial score (nSPS) is 16.2. The van der Waals surface area contributed by atoms with Crippen LogP contribution in [-0.4, -0.2) is 191 Å². The molecule has 0 radical (unpaired) electrons. The number of aliphatic hydroxyl groups excluding tert-OH is 3. The zero-order valence-corrected chi connectivity index (χ0v) is 45.3. The molecule has 1 heterocycles. The van der Waals surface area contributed by atoms with Gasteiger partial charge in [0.05, 0.1) is 30.7 Å². The summed E-state index contributed by atoms with van der Waals surface area (Å²) in [5.74, 6) is -11.1. The third kappa shape index (κ3) is 26.6. The lowest BCUT2D eigenvalue weighted by molar-refractivity contribution is -0.163. The van der Waals surface area contributed by atoms with Crippen LogP contribution in [0.1, 0.15) is 156 Å². The van der Waals surface area contributed by atoms with Gasteiger partial charge in [-0.2, -0.15) is 0 Å². The Morgan fingerprint density at radius 2 is 1.21 bits per heavy atom. The van der Waals surface area contributed by atoms with E-state index in [-0.39, 0.29) is 95.1 Å². The van der Waals surface area contributed by atoms with Gasteiger partial charge in [0, 0.05) is 52.1 Å². The molecule has 0 aromatic heterocycles. The molecule has 9 atom stereocenters. The first-order valence-electron chi connectivity index (χ1n) is 26.8. The SMILES string of the molecule is C=C(NC(CCCN(O)C(C)=O)C(=O)NC(CCCN(O)C(C)=O)C(=O)O)C1CCCN1C(=O)C(CO)NC(=O)C(NC(=O)C(C)C(O)C(CCCN=C(N)N)NC(=O)CCCCCCCCCCCCC)C(O)C(=O)O. The number of rotatable bonds is 41. The molecule has 27 nitrogen and oxygen atoms in total. The van der Waals surface area contributed by atoms with Crippen LogP contribution < -0.4 is 38.1 Å². The number of hydroxylamine groups is 4. The van der Waals surface area contributed by atoms with Gasteiger partial charge in [-0.1, -0.05) is 84.6 Å². The highest BCUT2D eigenvalue weighted by molar-refractivity contribution is 5.96. The van der Waals surface area contributed by atoms with Crippen molar-refractivity contribution in [3.63, 3.8) is 0 Å². The lowest BCUT2D eigenvalue weighted by Gasteiger charge is -2.33. The van der Waals surface area contributed by atoms with E-state index < -0.39 is 108 Å². The number of hydrogen-bond acceptors (Lipinski definition) is 16. The van der Waals surface area contributed by atoms with Crippen LogP contribution in [0.3, 0.4) is 0 Å². The Balaban J connectivity index is 3.21. The molecule has 0 bridgehead atoms. The Bertz CT molecular complexity index is 1940. The molecule has 1 fully saturated rings. The predicted molar refractivity (Wildman–Crippen MR) is 280 cm³/mol. The molecule has 0 spiro atoms. The molecule has 16 N–H and O–H groups in total. The lowest BCUT2D eigenvalue weighted by atomic mass is 9.93. The summed E-state index contributed by atoms with van der Waals surface area (Å²) < 4.78 is 0. The number of aliphatic imine (C=N–C) groups is 1. The summed E-state index contributed by atoms with van der Waals surface area (Å²) in [6.07, 6.45) is 8.35. The summed E-state index contributed by atoms with van der Waals surface area (Å²) >= 11 is 0. The molecule has 9 unspecified atom stereocenters. The molecule has 7 amide bonds. The number of hydrogen-bond donors (Lipinski definition) is 14. The minimum Gasteiger partial charge on any atom is -0.480 e. The highest BCUT2D eigenvalue weighted by atomic mass is 16.5. The summed E-state index contributed by atoms with van der Waals surface area (Å²) in [4.78, 5) is 121. The predicted octanol–water partition coefficient (Wildman–Crippen LogP) is -0.302. The fraction of sp³-hybridized carbons (Fsp3) is 0.760. The Morgan fingerprint density at radius 3 is 1.71 bits per heavy atom. The van der Waals surface area contributed by atoms with E-state index in [4.69, 9.17) is 11.5 Å². The standard InChI is InChI=1S/C50H89N11O16/c1-6-7-8-9-10-11-12-13-14-15-16-25-40(65)55-35(21-17-26-53-50(51)52)42(66)31(2)44(68)58-41(43(67)49(74)75)46(70)57-38(30-62)47(71)59-27-20-24-39(59)32(3)54-36(22-18-28-60(76)33(4)63)45(69)56-37(48(72)73)23-19-29-61(77)34(5)64/h31,35-39,41-43,54,62,66-67,76-77H,3,6-30H2,1-2,4-5H3,(H,55,65)(H,56,69)(H,57,70)(H,58,68)(H,72,73)(H,74,75)(H4,51,52,53). The Kier molecular flexibility index (Phi) is 33.6. The molecule has 440 valence electrons. The number of carboxylic acids is 2. The van der Waals surface area contributed by atoms with Crippen molar-refractivity contribution in [3.8, 4) is 0 Å². The number of aliphatic hydroxyl groups is 3. The van der Waals surface area contributed by atoms with Gasteiger partial charge in [0.25, 0.3) is 0 Å². The van der Waals surface area contributed by atoms with Crippen LogP contribution in [0.25, 0.3) is 0 Å². The lowest BCUT2D eigenvalue weighted by Crippen LogP contribution is -2.62. The van der Waals surface area contributed by atoms with E-state index in [9.17, 15) is 79.1 Å². The number of nitrogens with zero attached hydrogens (tertiary/aromatic N) is 4. The number of unbranched alkanes of at least 4 members (excludes halogenated alkanes) is 10. The van der Waals surface area contributed by atoms with E-state index in [0.717, 1.165) is 39.5 Å². The van der Waals surface area contributed by atoms with Crippen molar-refractivity contribution >= 4 is 59.2 Å². The first-order valence-corrected chi connectivity index (χ1v) is 26.8. The molecule has 1 aliphatic heterocycles. The fourth-order valence-electron chi connectivity index (χ4n) is 8.66. The monoisotopic (exact) mass is 1100 g/mol. The molecular weight excluding hydrogens is 1010 g/mol. The maximum Gasteiger partial charge on any atom is 0.335 e. The van der Waals surface area contributed by atoms with Crippen LogP contribution >= 0.6 is 0 Å². The van der Waals surface area contributed by atoms with Gasteiger partial charge in [-0.25, -0.2) is 19.7 Å². The molecule has 1 rings (SSSR count). The number of carbonyl (C=O) groups is 9. The second-order valence-electron chi connectivity index (χ2n) is 19.6. The average molecular weight is 1100 g/mol. The molecule has 27 heteroatoms. The second-order valence-corrected chi connectivity index (χ2v) is 19.6. The maximum absolute atomic E-state index is 14.1. The zero-order chi connectivity index (χ0) is 58.2. The van der Waals surface area contributed by atoms with Gasteiger partial charge < -0.3 is 68.5 Å². The largest absolute Gasteiger partial charge is 0.480 e. The zero-order valence-electron chi connectivity index (χ0n) is 45.3. The van der Waals surface area contributed by atoms with Crippen molar-refractivity contribution in [2.45, 2.75) is 205 Å². The van der Waals surface area contributed by atoms with E-state index >= 15 is 0 Å². The third-order valence-electron chi connectivity index (χ3n) is 13.3. The van der Waals surface area contributed by atoms with Gasteiger partial charge in [0.2, 0.25) is 41.4 Å². The van der Waals surface area contributed by atoms with Gasteiger partial charge in [-0.3, -0.25) is 49.0 Å². The quantitative estimate of drug-likeness (QED) is 0.0123. The second kappa shape index (κ2) is 37.6. The topological polar surface area (TPSA) is 430 Å². The minimum atomic E-state index is -2.61. The highest BCUT2D eigenvalue weighted by Gasteiger charge is 2.41. The summed E-state index contributed by atoms with van der Waals surface area (Å²) in [5, 5.41) is 85.0. The van der Waals surface area contributed by atoms with Crippen LogP contribution in [0, 0.1) is 5.92 Å². The van der Waals surface area contributed by atoms with Crippen molar-refractivity contribution in [3.05, 3.63) is 12.3 Å². The summed E-state index contributed by atoms with van der Waals surface area (Å²) in [7, 11) is 0. The molecule has 0 aliphatic carbocycles. The van der Waals surface area contributed by atoms with Crippen LogP contribution in [0.4, 0.5) is 0 Å². The van der Waals surface area contributed by atoms with Crippen molar-refractivity contribution in [2.24, 2.45) is 22.4 Å². The molecule has 77 heavy (non-hydrogen) atoms. The van der Waals surface area contributed by atoms with Crippen LogP contribution in [0.2, 0.25) is 0 Å². The van der Waals surface area contributed by atoms with E-state index in [1.54, 1.807) is 0 Å². The molecule has 1 saturated heterocycles. The van der Waals surface area contributed by atoms with E-state index in [2.05, 4.69) is 45.1 Å². The maximum atomic E-state index is 14.1.